The number of rotatable bonds is 8. The summed E-state index contributed by atoms with van der Waals surface area (Å²) in [5.41, 5.74) is 0.660. The fraction of sp³-hybridized carbons (Fsp3) is 0.250. The van der Waals surface area contributed by atoms with Crippen LogP contribution < -0.4 is 4.72 Å². The molecule has 0 aliphatic carbocycles. The fourth-order valence-electron chi connectivity index (χ4n) is 2.24. The summed E-state index contributed by atoms with van der Waals surface area (Å²) in [6.07, 6.45) is 2.30. The van der Waals surface area contributed by atoms with Gasteiger partial charge in [0.2, 0.25) is 10.0 Å². The number of hydrogen-bond donors (Lipinski definition) is 1. The lowest BCUT2D eigenvalue weighted by atomic mass is 10.1. The van der Waals surface area contributed by atoms with Crippen molar-refractivity contribution in [1.29, 1.82) is 0 Å². The molecule has 0 fully saturated rings. The van der Waals surface area contributed by atoms with Crippen LogP contribution in [0.15, 0.2) is 53.4 Å². The van der Waals surface area contributed by atoms with E-state index in [2.05, 4.69) is 4.72 Å². The molecule has 0 bridgehead atoms. The Labute approximate surface area is 145 Å². The van der Waals surface area contributed by atoms with Gasteiger partial charge in [0.05, 0.1) is 4.92 Å². The zero-order valence-corrected chi connectivity index (χ0v) is 14.4. The van der Waals surface area contributed by atoms with Crippen LogP contribution in [-0.4, -0.2) is 19.9 Å². The van der Waals surface area contributed by atoms with Crippen molar-refractivity contribution in [3.05, 3.63) is 69.2 Å². The summed E-state index contributed by atoms with van der Waals surface area (Å²) >= 11 is 5.70. The number of nitro groups is 1. The second-order valence-electron chi connectivity index (χ2n) is 5.21. The van der Waals surface area contributed by atoms with Gasteiger partial charge in [0.1, 0.15) is 0 Å². The first kappa shape index (κ1) is 18.4. The third-order valence-electron chi connectivity index (χ3n) is 3.43. The zero-order chi connectivity index (χ0) is 17.6. The number of nitrogens with zero attached hydrogens (tertiary/aromatic N) is 1. The topological polar surface area (TPSA) is 89.3 Å². The minimum absolute atomic E-state index is 0.114. The minimum atomic E-state index is -3.95. The van der Waals surface area contributed by atoms with E-state index < -0.39 is 20.6 Å². The summed E-state index contributed by atoms with van der Waals surface area (Å²) in [5, 5.41) is 11.1. The Balaban J connectivity index is 1.93. The molecule has 0 aliphatic heterocycles. The van der Waals surface area contributed by atoms with Crippen LogP contribution in [0.2, 0.25) is 5.02 Å². The van der Waals surface area contributed by atoms with E-state index in [1.807, 2.05) is 30.3 Å². The molecule has 128 valence electrons. The summed E-state index contributed by atoms with van der Waals surface area (Å²) in [6, 6.07) is 13.4. The molecule has 6 nitrogen and oxygen atoms in total. The molecule has 0 atom stereocenters. The Morgan fingerprint density at radius 2 is 1.79 bits per heavy atom. The molecule has 8 heteroatoms. The van der Waals surface area contributed by atoms with Crippen molar-refractivity contribution < 1.29 is 13.3 Å². The smallest absolute Gasteiger partial charge is 0.258 e. The second kappa shape index (κ2) is 8.23. The van der Waals surface area contributed by atoms with Crippen molar-refractivity contribution >= 4 is 27.3 Å². The van der Waals surface area contributed by atoms with Gasteiger partial charge < -0.3 is 0 Å². The van der Waals surface area contributed by atoms with Crippen molar-refractivity contribution in [2.75, 3.05) is 6.54 Å². The molecular formula is C16H17ClN2O4S. The quantitative estimate of drug-likeness (QED) is 0.438. The maximum Gasteiger partial charge on any atom is 0.290 e. The molecule has 0 saturated carbocycles. The molecular weight excluding hydrogens is 352 g/mol. The first-order chi connectivity index (χ1) is 11.4. The van der Waals surface area contributed by atoms with Gasteiger partial charge in [-0.1, -0.05) is 41.9 Å². The predicted octanol–water partition coefficient (Wildman–Crippen LogP) is 3.55. The van der Waals surface area contributed by atoms with Gasteiger partial charge in [0, 0.05) is 17.6 Å². The van der Waals surface area contributed by atoms with E-state index in [9.17, 15) is 18.5 Å². The van der Waals surface area contributed by atoms with Crippen LogP contribution in [-0.2, 0) is 16.4 Å². The Morgan fingerprint density at radius 1 is 1.08 bits per heavy atom. The van der Waals surface area contributed by atoms with Crippen molar-refractivity contribution in [1.82, 2.24) is 4.72 Å². The number of nitro benzene ring substituents is 1. The highest BCUT2D eigenvalue weighted by molar-refractivity contribution is 7.89. The number of benzene rings is 2. The van der Waals surface area contributed by atoms with E-state index in [1.165, 1.54) is 11.6 Å². The highest BCUT2D eigenvalue weighted by atomic mass is 35.5. The fourth-order valence-corrected chi connectivity index (χ4v) is 3.63. The second-order valence-corrected chi connectivity index (χ2v) is 7.38. The normalized spacial score (nSPS) is 11.4. The molecule has 0 aliphatic rings. The van der Waals surface area contributed by atoms with Gasteiger partial charge in [-0.25, -0.2) is 13.1 Å². The van der Waals surface area contributed by atoms with Gasteiger partial charge in [-0.2, -0.15) is 0 Å². The third kappa shape index (κ3) is 5.02. The van der Waals surface area contributed by atoms with Gasteiger partial charge in [0.15, 0.2) is 4.90 Å². The van der Waals surface area contributed by atoms with E-state index >= 15 is 0 Å². The van der Waals surface area contributed by atoms with Crippen molar-refractivity contribution in [3.8, 4) is 0 Å². The number of unbranched alkanes of at least 4 members (excludes halogenated alkanes) is 1. The predicted molar refractivity (Wildman–Crippen MR) is 92.7 cm³/mol. The highest BCUT2D eigenvalue weighted by Gasteiger charge is 2.25. The van der Waals surface area contributed by atoms with E-state index in [0.717, 1.165) is 25.0 Å². The number of halogens is 1. The summed E-state index contributed by atoms with van der Waals surface area (Å²) in [7, 11) is -3.95. The molecule has 24 heavy (non-hydrogen) atoms. The SMILES string of the molecule is O=[N+]([O-])c1cc(Cl)ccc1S(=O)(=O)NCCCCc1ccccc1. The zero-order valence-electron chi connectivity index (χ0n) is 12.8. The third-order valence-corrected chi connectivity index (χ3v) is 5.18. The number of aryl methyl sites for hydroxylation is 1. The maximum absolute atomic E-state index is 12.2. The first-order valence-electron chi connectivity index (χ1n) is 7.38. The number of sulfonamides is 1. The molecule has 2 rings (SSSR count). The molecule has 0 unspecified atom stereocenters. The summed E-state index contributed by atoms with van der Waals surface area (Å²) in [5.74, 6) is 0. The molecule has 2 aromatic carbocycles. The summed E-state index contributed by atoms with van der Waals surface area (Å²) in [6.45, 7) is 0.217. The van der Waals surface area contributed by atoms with E-state index in [0.29, 0.717) is 6.42 Å². The molecule has 1 N–H and O–H groups in total. The number of nitrogens with one attached hydrogen (secondary N) is 1. The molecule has 0 heterocycles. The van der Waals surface area contributed by atoms with Crippen molar-refractivity contribution in [2.45, 2.75) is 24.2 Å². The molecule has 0 spiro atoms. The lowest BCUT2D eigenvalue weighted by Gasteiger charge is -2.07. The van der Waals surface area contributed by atoms with Gasteiger partial charge in [-0.05, 0) is 37.0 Å². The number of hydrogen-bond acceptors (Lipinski definition) is 4. The van der Waals surface area contributed by atoms with E-state index in [1.54, 1.807) is 0 Å². The average Bonchev–Trinajstić information content (AvgIpc) is 2.55. The molecule has 0 saturated heterocycles. The Bertz CT molecular complexity index is 810. The van der Waals surface area contributed by atoms with Crippen LogP contribution in [0.4, 0.5) is 5.69 Å². The molecule has 0 aromatic heterocycles. The van der Waals surface area contributed by atoms with Gasteiger partial charge in [-0.15, -0.1) is 0 Å². The lowest BCUT2D eigenvalue weighted by Crippen LogP contribution is -2.25. The first-order valence-corrected chi connectivity index (χ1v) is 9.24. The maximum atomic E-state index is 12.2. The summed E-state index contributed by atoms with van der Waals surface area (Å²) < 4.78 is 26.9. The monoisotopic (exact) mass is 368 g/mol. The van der Waals surface area contributed by atoms with Crippen LogP contribution in [0, 0.1) is 10.1 Å². The van der Waals surface area contributed by atoms with Gasteiger partial charge in [-0.3, -0.25) is 10.1 Å². The van der Waals surface area contributed by atoms with Crippen LogP contribution in [0.1, 0.15) is 18.4 Å². The molecule has 0 amide bonds. The van der Waals surface area contributed by atoms with Crippen molar-refractivity contribution in [3.63, 3.8) is 0 Å². The standard InChI is InChI=1S/C16H17ClN2O4S/c17-14-9-10-16(15(12-14)19(20)21)24(22,23)18-11-5-4-8-13-6-2-1-3-7-13/h1-3,6-7,9-10,12,18H,4-5,8,11H2. The van der Waals surface area contributed by atoms with E-state index in [-0.39, 0.29) is 16.5 Å². The van der Waals surface area contributed by atoms with Crippen LogP contribution in [0.3, 0.4) is 0 Å². The Hall–Kier alpha value is -1.96. The largest absolute Gasteiger partial charge is 0.290 e. The van der Waals surface area contributed by atoms with Crippen molar-refractivity contribution in [2.24, 2.45) is 0 Å². The average molecular weight is 369 g/mol. The lowest BCUT2D eigenvalue weighted by molar-refractivity contribution is -0.387. The minimum Gasteiger partial charge on any atom is -0.258 e. The van der Waals surface area contributed by atoms with Crippen LogP contribution in [0.25, 0.3) is 0 Å². The Kier molecular flexibility index (Phi) is 6.30. The van der Waals surface area contributed by atoms with Crippen LogP contribution >= 0.6 is 11.6 Å². The molecule has 2 aromatic rings. The van der Waals surface area contributed by atoms with Crippen LogP contribution in [0.5, 0.6) is 0 Å². The van der Waals surface area contributed by atoms with Gasteiger partial charge in [0.25, 0.3) is 5.69 Å². The van der Waals surface area contributed by atoms with Gasteiger partial charge >= 0.3 is 0 Å². The Morgan fingerprint density at radius 3 is 2.46 bits per heavy atom. The summed E-state index contributed by atoms with van der Waals surface area (Å²) in [4.78, 5) is 9.88. The van der Waals surface area contributed by atoms with E-state index in [4.69, 9.17) is 11.6 Å². The highest BCUT2D eigenvalue weighted by Crippen LogP contribution is 2.26. The molecule has 0 radical (unpaired) electrons.